The first-order valence-electron chi connectivity index (χ1n) is 6.74. The van der Waals surface area contributed by atoms with Gasteiger partial charge < -0.3 is 4.74 Å². The Bertz CT molecular complexity index is 793. The lowest BCUT2D eigenvalue weighted by molar-refractivity contribution is 0.103. The molecule has 0 spiro atoms. The van der Waals surface area contributed by atoms with Gasteiger partial charge in [0.2, 0.25) is 0 Å². The van der Waals surface area contributed by atoms with Gasteiger partial charge in [0.25, 0.3) is 0 Å². The fourth-order valence-electron chi connectivity index (χ4n) is 2.14. The number of pyridine rings is 2. The predicted octanol–water partition coefficient (Wildman–Crippen LogP) is 2.75. The van der Waals surface area contributed by atoms with Crippen molar-refractivity contribution in [2.75, 3.05) is 0 Å². The molecule has 3 aromatic rings. The predicted molar refractivity (Wildman–Crippen MR) is 78.6 cm³/mol. The van der Waals surface area contributed by atoms with Gasteiger partial charge in [-0.1, -0.05) is 6.07 Å². The molecule has 3 heterocycles. The highest BCUT2D eigenvalue weighted by Gasteiger charge is 2.15. The van der Waals surface area contributed by atoms with Gasteiger partial charge in [-0.3, -0.25) is 9.78 Å². The Morgan fingerprint density at radius 1 is 1.24 bits per heavy atom. The Kier molecular flexibility index (Phi) is 3.39. The van der Waals surface area contributed by atoms with Gasteiger partial charge in [0, 0.05) is 18.0 Å². The van der Waals surface area contributed by atoms with Crippen LogP contribution >= 0.6 is 0 Å². The smallest absolute Gasteiger partial charge is 0.198 e. The third-order valence-electron chi connectivity index (χ3n) is 3.02. The molecule has 0 aliphatic heterocycles. The van der Waals surface area contributed by atoms with Crippen LogP contribution in [0.4, 0.5) is 0 Å². The minimum Gasteiger partial charge on any atom is -0.489 e. The summed E-state index contributed by atoms with van der Waals surface area (Å²) in [4.78, 5) is 16.7. The molecule has 0 radical (unpaired) electrons. The van der Waals surface area contributed by atoms with E-state index in [0.717, 1.165) is 5.52 Å². The van der Waals surface area contributed by atoms with E-state index in [4.69, 9.17) is 4.74 Å². The normalized spacial score (nSPS) is 11.0. The third kappa shape index (κ3) is 2.63. The molecule has 5 nitrogen and oxygen atoms in total. The highest BCUT2D eigenvalue weighted by atomic mass is 16.5. The number of carbonyl (C=O) groups is 1. The second kappa shape index (κ2) is 5.36. The van der Waals surface area contributed by atoms with E-state index in [1.807, 2.05) is 38.2 Å². The zero-order chi connectivity index (χ0) is 14.8. The summed E-state index contributed by atoms with van der Waals surface area (Å²) < 4.78 is 7.25. The molecule has 106 valence electrons. The molecule has 3 aromatic heterocycles. The van der Waals surface area contributed by atoms with Crippen molar-refractivity contribution in [2.45, 2.75) is 20.0 Å². The quantitative estimate of drug-likeness (QED) is 0.690. The topological polar surface area (TPSA) is 56.5 Å². The fourth-order valence-corrected chi connectivity index (χ4v) is 2.14. The summed E-state index contributed by atoms with van der Waals surface area (Å²) in [5.41, 5.74) is 1.82. The number of hydrogen-bond acceptors (Lipinski definition) is 4. The number of ether oxygens (including phenoxy) is 1. The van der Waals surface area contributed by atoms with Crippen LogP contribution in [0, 0.1) is 0 Å². The zero-order valence-corrected chi connectivity index (χ0v) is 11.9. The maximum Gasteiger partial charge on any atom is 0.198 e. The number of hydrogen-bond donors (Lipinski definition) is 0. The van der Waals surface area contributed by atoms with Gasteiger partial charge in [0.05, 0.1) is 29.6 Å². The van der Waals surface area contributed by atoms with E-state index >= 15 is 0 Å². The first-order valence-corrected chi connectivity index (χ1v) is 6.74. The van der Waals surface area contributed by atoms with Crippen molar-refractivity contribution in [1.82, 2.24) is 14.6 Å². The molecule has 0 amide bonds. The molecular weight excluding hydrogens is 266 g/mol. The van der Waals surface area contributed by atoms with Gasteiger partial charge in [-0.2, -0.15) is 5.10 Å². The van der Waals surface area contributed by atoms with Gasteiger partial charge in [-0.25, -0.2) is 4.52 Å². The number of carbonyl (C=O) groups excluding carboxylic acids is 1. The largest absolute Gasteiger partial charge is 0.489 e. The van der Waals surface area contributed by atoms with Crippen LogP contribution in [0.2, 0.25) is 0 Å². The van der Waals surface area contributed by atoms with Crippen molar-refractivity contribution in [3.8, 4) is 5.75 Å². The van der Waals surface area contributed by atoms with Crippen molar-refractivity contribution in [1.29, 1.82) is 0 Å². The molecule has 0 aliphatic rings. The van der Waals surface area contributed by atoms with Crippen LogP contribution in [0.25, 0.3) is 5.52 Å². The molecule has 0 saturated carbocycles. The summed E-state index contributed by atoms with van der Waals surface area (Å²) in [7, 11) is 0. The molecule has 0 aliphatic carbocycles. The molecule has 0 atom stereocenters. The first-order chi connectivity index (χ1) is 10.1. The summed E-state index contributed by atoms with van der Waals surface area (Å²) in [6.07, 6.45) is 6.57. The van der Waals surface area contributed by atoms with Crippen LogP contribution in [0.1, 0.15) is 29.8 Å². The van der Waals surface area contributed by atoms with Crippen LogP contribution in [0.5, 0.6) is 5.75 Å². The van der Waals surface area contributed by atoms with E-state index in [0.29, 0.717) is 16.9 Å². The second-order valence-electron chi connectivity index (χ2n) is 4.99. The second-order valence-corrected chi connectivity index (χ2v) is 4.99. The molecule has 21 heavy (non-hydrogen) atoms. The van der Waals surface area contributed by atoms with Crippen molar-refractivity contribution in [2.24, 2.45) is 0 Å². The Balaban J connectivity index is 1.98. The number of fused-ring (bicyclic) bond motifs is 1. The first kappa shape index (κ1) is 13.3. The minimum absolute atomic E-state index is 0.0362. The van der Waals surface area contributed by atoms with Gasteiger partial charge in [-0.05, 0) is 32.0 Å². The molecule has 0 unspecified atom stereocenters. The molecular formula is C16H15N3O2. The summed E-state index contributed by atoms with van der Waals surface area (Å²) in [6.45, 7) is 3.86. The Labute approximate surface area is 122 Å². The molecule has 5 heteroatoms. The maximum atomic E-state index is 12.6. The van der Waals surface area contributed by atoms with Crippen molar-refractivity contribution in [3.63, 3.8) is 0 Å². The number of ketones is 1. The van der Waals surface area contributed by atoms with Gasteiger partial charge in [0.1, 0.15) is 5.75 Å². The summed E-state index contributed by atoms with van der Waals surface area (Å²) >= 11 is 0. The van der Waals surface area contributed by atoms with Crippen LogP contribution in [-0.4, -0.2) is 26.5 Å². The summed E-state index contributed by atoms with van der Waals surface area (Å²) in [6, 6.07) is 7.32. The number of aromatic nitrogens is 3. The van der Waals surface area contributed by atoms with Gasteiger partial charge in [0.15, 0.2) is 5.78 Å². The zero-order valence-electron chi connectivity index (χ0n) is 11.9. The highest BCUT2D eigenvalue weighted by Crippen LogP contribution is 2.19. The van der Waals surface area contributed by atoms with E-state index in [1.165, 1.54) is 0 Å². The minimum atomic E-state index is -0.113. The summed E-state index contributed by atoms with van der Waals surface area (Å²) in [5.74, 6) is 0.477. The van der Waals surface area contributed by atoms with E-state index in [2.05, 4.69) is 10.1 Å². The number of rotatable bonds is 4. The fraction of sp³-hybridized carbons (Fsp3) is 0.188. The molecule has 0 aromatic carbocycles. The molecule has 0 bridgehead atoms. The molecule has 0 fully saturated rings. The highest BCUT2D eigenvalue weighted by molar-refractivity contribution is 6.12. The maximum absolute atomic E-state index is 12.6. The van der Waals surface area contributed by atoms with Crippen molar-refractivity contribution in [3.05, 3.63) is 60.2 Å². The van der Waals surface area contributed by atoms with E-state index in [9.17, 15) is 4.79 Å². The van der Waals surface area contributed by atoms with Crippen LogP contribution in [-0.2, 0) is 0 Å². The lowest BCUT2D eigenvalue weighted by Gasteiger charge is -2.09. The Morgan fingerprint density at radius 3 is 2.90 bits per heavy atom. The molecule has 3 rings (SSSR count). The average molecular weight is 281 g/mol. The number of nitrogens with zero attached hydrogens (tertiary/aromatic N) is 3. The van der Waals surface area contributed by atoms with Crippen LogP contribution in [0.15, 0.2) is 49.1 Å². The van der Waals surface area contributed by atoms with Crippen LogP contribution in [0.3, 0.4) is 0 Å². The van der Waals surface area contributed by atoms with Gasteiger partial charge in [-0.15, -0.1) is 0 Å². The monoisotopic (exact) mass is 281 g/mol. The van der Waals surface area contributed by atoms with E-state index in [-0.39, 0.29) is 11.9 Å². The van der Waals surface area contributed by atoms with Crippen molar-refractivity contribution < 1.29 is 9.53 Å². The Morgan fingerprint density at radius 2 is 2.10 bits per heavy atom. The standard InChI is InChI=1S/C16H15N3O2/c1-11(2)21-13-7-12(8-17-9-13)16(20)14-10-18-19-6-4-3-5-15(14)19/h3-11H,1-2H3. The van der Waals surface area contributed by atoms with Crippen LogP contribution < -0.4 is 4.74 Å². The van der Waals surface area contributed by atoms with E-state index < -0.39 is 0 Å². The molecule has 0 saturated heterocycles. The Hall–Kier alpha value is -2.69. The van der Waals surface area contributed by atoms with Crippen molar-refractivity contribution >= 4 is 11.3 Å². The van der Waals surface area contributed by atoms with E-state index in [1.54, 1.807) is 29.2 Å². The lowest BCUT2D eigenvalue weighted by Crippen LogP contribution is -2.07. The van der Waals surface area contributed by atoms with Gasteiger partial charge >= 0.3 is 0 Å². The molecule has 0 N–H and O–H groups in total. The SMILES string of the molecule is CC(C)Oc1cncc(C(=O)c2cnn3ccccc23)c1. The summed E-state index contributed by atoms with van der Waals surface area (Å²) in [5, 5.41) is 4.18. The third-order valence-corrected chi connectivity index (χ3v) is 3.02. The lowest BCUT2D eigenvalue weighted by atomic mass is 10.1. The average Bonchev–Trinajstić information content (AvgIpc) is 2.90.